The molecule has 23 heavy (non-hydrogen) atoms. The number of carbonyl (C=O) groups excluding carboxylic acids is 1. The Morgan fingerprint density at radius 3 is 2.74 bits per heavy atom. The van der Waals surface area contributed by atoms with Crippen molar-refractivity contribution in [1.29, 1.82) is 0 Å². The first-order chi connectivity index (χ1) is 11.0. The highest BCUT2D eigenvalue weighted by Crippen LogP contribution is 2.28. The number of aromatic nitrogens is 1. The normalized spacial score (nSPS) is 10.7. The number of ether oxygens (including phenoxy) is 1. The number of hydrogen-bond acceptors (Lipinski definition) is 4. The molecule has 0 fully saturated rings. The third-order valence-corrected chi connectivity index (χ3v) is 3.71. The standard InChI is InChI=1S/C16H19N3O4/c1-11-14(16(17)20)10-15(18(11)7-4-8-23-2)12-5-3-6-13(9-12)19(21)22/h3,5-6,9-10H,4,7-8H2,1-2H3,(H2,17,20). The van der Waals surface area contributed by atoms with Gasteiger partial charge >= 0.3 is 0 Å². The van der Waals surface area contributed by atoms with E-state index in [1.165, 1.54) is 12.1 Å². The van der Waals surface area contributed by atoms with Gasteiger partial charge < -0.3 is 15.0 Å². The molecule has 7 nitrogen and oxygen atoms in total. The van der Waals surface area contributed by atoms with Crippen LogP contribution in [0.15, 0.2) is 30.3 Å². The summed E-state index contributed by atoms with van der Waals surface area (Å²) in [6, 6.07) is 8.01. The molecule has 2 N–H and O–H groups in total. The highest BCUT2D eigenvalue weighted by Gasteiger charge is 2.18. The third-order valence-electron chi connectivity index (χ3n) is 3.71. The highest BCUT2D eigenvalue weighted by atomic mass is 16.6. The average molecular weight is 317 g/mol. The number of non-ortho nitro benzene ring substituents is 1. The Morgan fingerprint density at radius 1 is 1.39 bits per heavy atom. The Bertz CT molecular complexity index is 737. The summed E-state index contributed by atoms with van der Waals surface area (Å²) < 4.78 is 7.00. The van der Waals surface area contributed by atoms with Gasteiger partial charge in [-0.25, -0.2) is 0 Å². The lowest BCUT2D eigenvalue weighted by Gasteiger charge is -2.11. The zero-order chi connectivity index (χ0) is 17.0. The Labute approximate surface area is 133 Å². The molecule has 0 aliphatic carbocycles. The molecule has 0 radical (unpaired) electrons. The van der Waals surface area contributed by atoms with Gasteiger partial charge in [0.2, 0.25) is 0 Å². The van der Waals surface area contributed by atoms with Gasteiger partial charge in [-0.1, -0.05) is 12.1 Å². The molecule has 2 rings (SSSR count). The van der Waals surface area contributed by atoms with E-state index in [-0.39, 0.29) is 5.69 Å². The van der Waals surface area contributed by atoms with Gasteiger partial charge in [0.05, 0.1) is 10.5 Å². The van der Waals surface area contributed by atoms with E-state index < -0.39 is 10.8 Å². The van der Waals surface area contributed by atoms with Crippen LogP contribution in [-0.4, -0.2) is 29.1 Å². The summed E-state index contributed by atoms with van der Waals surface area (Å²) in [4.78, 5) is 22.1. The first-order valence-corrected chi connectivity index (χ1v) is 7.19. The van der Waals surface area contributed by atoms with E-state index >= 15 is 0 Å². The molecule has 0 atom stereocenters. The van der Waals surface area contributed by atoms with E-state index in [9.17, 15) is 14.9 Å². The molecule has 0 saturated carbocycles. The van der Waals surface area contributed by atoms with E-state index in [4.69, 9.17) is 10.5 Å². The van der Waals surface area contributed by atoms with Crippen molar-refractivity contribution < 1.29 is 14.5 Å². The summed E-state index contributed by atoms with van der Waals surface area (Å²) in [6.07, 6.45) is 0.756. The lowest BCUT2D eigenvalue weighted by atomic mass is 10.1. The number of nitro groups is 1. The van der Waals surface area contributed by atoms with Gasteiger partial charge in [0.15, 0.2) is 0 Å². The topological polar surface area (TPSA) is 100 Å². The fourth-order valence-electron chi connectivity index (χ4n) is 2.57. The molecule has 0 bridgehead atoms. The van der Waals surface area contributed by atoms with Crippen LogP contribution in [0.1, 0.15) is 22.5 Å². The van der Waals surface area contributed by atoms with Crippen LogP contribution in [0.25, 0.3) is 11.3 Å². The number of nitro benzene ring substituents is 1. The summed E-state index contributed by atoms with van der Waals surface area (Å²) >= 11 is 0. The molecule has 0 spiro atoms. The molecule has 1 aromatic carbocycles. The number of nitrogens with zero attached hydrogens (tertiary/aromatic N) is 2. The maximum Gasteiger partial charge on any atom is 0.270 e. The maximum atomic E-state index is 11.6. The van der Waals surface area contributed by atoms with E-state index in [1.807, 2.05) is 11.5 Å². The molecule has 0 saturated heterocycles. The molecule has 2 aromatic rings. The zero-order valence-electron chi connectivity index (χ0n) is 13.1. The third kappa shape index (κ3) is 3.57. The van der Waals surface area contributed by atoms with Crippen LogP contribution < -0.4 is 5.73 Å². The Kier molecular flexibility index (Phi) is 5.13. The molecule has 7 heteroatoms. The molecule has 0 unspecified atom stereocenters. The number of methoxy groups -OCH3 is 1. The first kappa shape index (κ1) is 16.7. The lowest BCUT2D eigenvalue weighted by molar-refractivity contribution is -0.384. The van der Waals surface area contributed by atoms with Gasteiger partial charge in [0.1, 0.15) is 0 Å². The number of rotatable bonds is 7. The van der Waals surface area contributed by atoms with Crippen molar-refractivity contribution in [2.75, 3.05) is 13.7 Å². The van der Waals surface area contributed by atoms with Crippen LogP contribution in [0.3, 0.4) is 0 Å². The van der Waals surface area contributed by atoms with E-state index in [0.29, 0.717) is 24.3 Å². The molecular formula is C16H19N3O4. The maximum absolute atomic E-state index is 11.6. The van der Waals surface area contributed by atoms with Crippen molar-refractivity contribution in [2.24, 2.45) is 5.73 Å². The number of benzene rings is 1. The fourth-order valence-corrected chi connectivity index (χ4v) is 2.57. The average Bonchev–Trinajstić information content (AvgIpc) is 2.85. The van der Waals surface area contributed by atoms with Gasteiger partial charge in [-0.3, -0.25) is 14.9 Å². The van der Waals surface area contributed by atoms with Gasteiger partial charge in [-0.2, -0.15) is 0 Å². The predicted octanol–water partition coefficient (Wildman–Crippen LogP) is 2.51. The quantitative estimate of drug-likeness (QED) is 0.481. The van der Waals surface area contributed by atoms with Crippen LogP contribution >= 0.6 is 0 Å². The molecule has 0 aliphatic rings. The number of hydrogen-bond donors (Lipinski definition) is 1. The molecule has 1 aromatic heterocycles. The minimum atomic E-state index is -0.514. The predicted molar refractivity (Wildman–Crippen MR) is 86.3 cm³/mol. The Morgan fingerprint density at radius 2 is 2.13 bits per heavy atom. The van der Waals surface area contributed by atoms with Crippen molar-refractivity contribution in [3.63, 3.8) is 0 Å². The summed E-state index contributed by atoms with van der Waals surface area (Å²) in [5.74, 6) is -0.514. The Hall–Kier alpha value is -2.67. The smallest absolute Gasteiger partial charge is 0.270 e. The summed E-state index contributed by atoms with van der Waals surface area (Å²) in [5.41, 5.74) is 8.00. The van der Waals surface area contributed by atoms with Crippen molar-refractivity contribution in [3.05, 3.63) is 51.7 Å². The fraction of sp³-hybridized carbons (Fsp3) is 0.312. The highest BCUT2D eigenvalue weighted by molar-refractivity contribution is 5.95. The lowest BCUT2D eigenvalue weighted by Crippen LogP contribution is -2.13. The largest absolute Gasteiger partial charge is 0.385 e. The van der Waals surface area contributed by atoms with Crippen molar-refractivity contribution in [1.82, 2.24) is 4.57 Å². The second kappa shape index (κ2) is 7.06. The van der Waals surface area contributed by atoms with Crippen molar-refractivity contribution in [3.8, 4) is 11.3 Å². The Balaban J connectivity index is 2.51. The van der Waals surface area contributed by atoms with Gasteiger partial charge in [0.25, 0.3) is 11.6 Å². The van der Waals surface area contributed by atoms with Gasteiger partial charge in [-0.15, -0.1) is 0 Å². The van der Waals surface area contributed by atoms with Crippen LogP contribution in [0.4, 0.5) is 5.69 Å². The number of nitrogens with two attached hydrogens (primary N) is 1. The molecule has 1 amide bonds. The zero-order valence-corrected chi connectivity index (χ0v) is 13.1. The monoisotopic (exact) mass is 317 g/mol. The number of primary amides is 1. The van der Waals surface area contributed by atoms with Crippen LogP contribution in [0.2, 0.25) is 0 Å². The van der Waals surface area contributed by atoms with Crippen LogP contribution in [-0.2, 0) is 11.3 Å². The van der Waals surface area contributed by atoms with Crippen molar-refractivity contribution >= 4 is 11.6 Å². The van der Waals surface area contributed by atoms with Gasteiger partial charge in [0, 0.05) is 49.3 Å². The van der Waals surface area contributed by atoms with Crippen molar-refractivity contribution in [2.45, 2.75) is 19.9 Å². The minimum absolute atomic E-state index is 0.00502. The minimum Gasteiger partial charge on any atom is -0.385 e. The molecule has 122 valence electrons. The summed E-state index contributed by atoms with van der Waals surface area (Å²) in [6.45, 7) is 3.02. The van der Waals surface area contributed by atoms with E-state index in [2.05, 4.69) is 0 Å². The first-order valence-electron chi connectivity index (χ1n) is 7.19. The summed E-state index contributed by atoms with van der Waals surface area (Å²) in [7, 11) is 1.62. The molecule has 1 heterocycles. The van der Waals surface area contributed by atoms with Gasteiger partial charge in [-0.05, 0) is 19.4 Å². The molecule has 0 aliphatic heterocycles. The second-order valence-corrected chi connectivity index (χ2v) is 5.20. The van der Waals surface area contributed by atoms with Crippen LogP contribution in [0, 0.1) is 17.0 Å². The number of carbonyl (C=O) groups is 1. The van der Waals surface area contributed by atoms with E-state index in [0.717, 1.165) is 17.8 Å². The number of amides is 1. The van der Waals surface area contributed by atoms with E-state index in [1.54, 1.807) is 25.3 Å². The molecular weight excluding hydrogens is 298 g/mol. The SMILES string of the molecule is COCCCn1c(-c2cccc([N+](=O)[O-])c2)cc(C(N)=O)c1C. The summed E-state index contributed by atoms with van der Waals surface area (Å²) in [5, 5.41) is 11.0. The van der Waals surface area contributed by atoms with Crippen LogP contribution in [0.5, 0.6) is 0 Å². The second-order valence-electron chi connectivity index (χ2n) is 5.20.